The van der Waals surface area contributed by atoms with Crippen LogP contribution in [0, 0.1) is 0 Å². The van der Waals surface area contributed by atoms with Gasteiger partial charge in [0.15, 0.2) is 5.76 Å². The first kappa shape index (κ1) is 19.7. The lowest BCUT2D eigenvalue weighted by Crippen LogP contribution is -2.30. The van der Waals surface area contributed by atoms with Crippen molar-refractivity contribution in [1.82, 2.24) is 10.1 Å². The van der Waals surface area contributed by atoms with E-state index >= 15 is 0 Å². The van der Waals surface area contributed by atoms with Crippen LogP contribution >= 0.6 is 0 Å². The number of carbonyl (C=O) groups excluding carboxylic acids is 2. The number of benzene rings is 1. The Morgan fingerprint density at radius 2 is 2.00 bits per heavy atom. The van der Waals surface area contributed by atoms with Gasteiger partial charge in [0.25, 0.3) is 0 Å². The molecule has 0 atom stereocenters. The molecule has 1 aromatic carbocycles. The molecule has 3 N–H and O–H groups in total. The van der Waals surface area contributed by atoms with Crippen molar-refractivity contribution in [3.05, 3.63) is 48.0 Å². The van der Waals surface area contributed by atoms with Crippen molar-refractivity contribution in [2.24, 2.45) is 5.73 Å². The summed E-state index contributed by atoms with van der Waals surface area (Å²) < 4.78 is 10.4. The lowest BCUT2D eigenvalue weighted by Gasteiger charge is -2.30. The normalized spacial score (nSPS) is 13.9. The number of nitrogens with one attached hydrogen (secondary N) is 1. The number of amides is 2. The molecule has 30 heavy (non-hydrogen) atoms. The maximum absolute atomic E-state index is 12.6. The zero-order valence-electron chi connectivity index (χ0n) is 16.5. The number of furan rings is 1. The van der Waals surface area contributed by atoms with Crippen molar-refractivity contribution in [1.29, 1.82) is 0 Å². The van der Waals surface area contributed by atoms with E-state index < -0.39 is 5.91 Å². The van der Waals surface area contributed by atoms with Gasteiger partial charge in [-0.3, -0.25) is 9.59 Å². The summed E-state index contributed by atoms with van der Waals surface area (Å²) >= 11 is 0. The summed E-state index contributed by atoms with van der Waals surface area (Å²) in [6, 6.07) is 8.63. The number of aryl methyl sites for hydroxylation is 1. The molecule has 9 nitrogen and oxygen atoms in total. The van der Waals surface area contributed by atoms with Gasteiger partial charge in [-0.1, -0.05) is 5.16 Å². The highest BCUT2D eigenvalue weighted by Crippen LogP contribution is 2.30. The fraction of sp³-hybridized carbons (Fsp3) is 0.333. The predicted octanol–water partition coefficient (Wildman–Crippen LogP) is 2.99. The number of nitrogens with two attached hydrogens (primary N) is 1. The maximum Gasteiger partial charge on any atom is 0.248 e. The van der Waals surface area contributed by atoms with Gasteiger partial charge in [0, 0.05) is 31.5 Å². The lowest BCUT2D eigenvalue weighted by atomic mass is 10.1. The van der Waals surface area contributed by atoms with Gasteiger partial charge in [0.2, 0.25) is 23.5 Å². The molecule has 0 spiro atoms. The number of hydrogen-bond donors (Lipinski definition) is 2. The minimum atomic E-state index is -0.535. The molecule has 1 aliphatic heterocycles. The minimum Gasteiger partial charge on any atom is -0.461 e. The number of rotatable bonds is 7. The summed E-state index contributed by atoms with van der Waals surface area (Å²) in [5, 5.41) is 6.77. The lowest BCUT2D eigenvalue weighted by molar-refractivity contribution is -0.116. The highest BCUT2D eigenvalue weighted by atomic mass is 16.5. The molecular formula is C21H23N5O4. The minimum absolute atomic E-state index is 0.153. The Bertz CT molecular complexity index is 1020. The summed E-state index contributed by atoms with van der Waals surface area (Å²) in [5.41, 5.74) is 7.25. The number of carbonyl (C=O) groups is 2. The van der Waals surface area contributed by atoms with E-state index in [2.05, 4.69) is 20.4 Å². The van der Waals surface area contributed by atoms with Crippen LogP contribution in [-0.4, -0.2) is 35.0 Å². The smallest absolute Gasteiger partial charge is 0.248 e. The molecule has 1 aliphatic rings. The third-order valence-electron chi connectivity index (χ3n) is 5.03. The van der Waals surface area contributed by atoms with E-state index in [0.717, 1.165) is 31.6 Å². The van der Waals surface area contributed by atoms with Crippen LogP contribution in [0.4, 0.5) is 11.4 Å². The van der Waals surface area contributed by atoms with E-state index in [1.807, 2.05) is 6.07 Å². The number of primary amides is 1. The third-order valence-corrected chi connectivity index (χ3v) is 5.03. The van der Waals surface area contributed by atoms with E-state index in [0.29, 0.717) is 28.7 Å². The molecule has 0 radical (unpaired) electrons. The first-order chi connectivity index (χ1) is 14.6. The zero-order valence-corrected chi connectivity index (χ0v) is 16.5. The molecule has 4 rings (SSSR count). The second-order valence-electron chi connectivity index (χ2n) is 7.18. The summed E-state index contributed by atoms with van der Waals surface area (Å²) in [6.45, 7) is 1.83. The van der Waals surface area contributed by atoms with Crippen molar-refractivity contribution in [2.75, 3.05) is 23.3 Å². The van der Waals surface area contributed by atoms with Crippen LogP contribution < -0.4 is 16.0 Å². The van der Waals surface area contributed by atoms with Gasteiger partial charge < -0.3 is 24.9 Å². The van der Waals surface area contributed by atoms with Gasteiger partial charge in [-0.25, -0.2) is 0 Å². The van der Waals surface area contributed by atoms with E-state index in [-0.39, 0.29) is 18.7 Å². The molecule has 156 valence electrons. The molecular weight excluding hydrogens is 386 g/mol. The second kappa shape index (κ2) is 8.81. The molecule has 3 aromatic rings. The Morgan fingerprint density at radius 1 is 1.17 bits per heavy atom. The molecule has 1 saturated heterocycles. The number of anilines is 2. The van der Waals surface area contributed by atoms with Gasteiger partial charge >= 0.3 is 0 Å². The average Bonchev–Trinajstić information content (AvgIpc) is 3.45. The molecule has 2 aromatic heterocycles. The van der Waals surface area contributed by atoms with Gasteiger partial charge in [-0.2, -0.15) is 4.98 Å². The van der Waals surface area contributed by atoms with Gasteiger partial charge in [0.05, 0.1) is 17.6 Å². The van der Waals surface area contributed by atoms with Crippen LogP contribution in [0.5, 0.6) is 0 Å². The number of piperidine rings is 1. The SMILES string of the molecule is NC(=O)c1ccc(N2CCCCC2)c(NC(=O)CCc2nc(-c3ccco3)no2)c1. The monoisotopic (exact) mass is 409 g/mol. The van der Waals surface area contributed by atoms with Crippen molar-refractivity contribution in [3.63, 3.8) is 0 Å². The van der Waals surface area contributed by atoms with Crippen molar-refractivity contribution < 1.29 is 18.5 Å². The van der Waals surface area contributed by atoms with Crippen molar-refractivity contribution in [2.45, 2.75) is 32.1 Å². The second-order valence-corrected chi connectivity index (χ2v) is 7.18. The molecule has 0 saturated carbocycles. The van der Waals surface area contributed by atoms with Crippen LogP contribution in [0.2, 0.25) is 0 Å². The molecule has 1 fully saturated rings. The van der Waals surface area contributed by atoms with Gasteiger partial charge in [0.1, 0.15) is 0 Å². The average molecular weight is 409 g/mol. The highest BCUT2D eigenvalue weighted by molar-refractivity contribution is 5.99. The van der Waals surface area contributed by atoms with Crippen LogP contribution in [0.1, 0.15) is 41.9 Å². The standard InChI is InChI=1S/C21H23N5O4/c22-20(28)14-6-7-16(26-10-2-1-3-11-26)15(13-14)23-18(27)8-9-19-24-21(25-30-19)17-5-4-12-29-17/h4-7,12-13H,1-3,8-11H2,(H2,22,28)(H,23,27). The van der Waals surface area contributed by atoms with E-state index in [1.54, 1.807) is 24.3 Å². The molecule has 3 heterocycles. The topological polar surface area (TPSA) is 127 Å². The van der Waals surface area contributed by atoms with E-state index in [9.17, 15) is 9.59 Å². The quantitative estimate of drug-likeness (QED) is 0.614. The summed E-state index contributed by atoms with van der Waals surface area (Å²) in [6.07, 6.45) is 5.36. The van der Waals surface area contributed by atoms with Crippen molar-refractivity contribution >= 4 is 23.2 Å². The fourth-order valence-electron chi connectivity index (χ4n) is 3.50. The van der Waals surface area contributed by atoms with Crippen LogP contribution in [0.3, 0.4) is 0 Å². The molecule has 0 aliphatic carbocycles. The maximum atomic E-state index is 12.6. The Kier molecular flexibility index (Phi) is 5.78. The van der Waals surface area contributed by atoms with Crippen LogP contribution in [0.25, 0.3) is 11.6 Å². The molecule has 0 bridgehead atoms. The molecule has 9 heteroatoms. The summed E-state index contributed by atoms with van der Waals surface area (Å²) in [4.78, 5) is 30.6. The number of nitrogens with zero attached hydrogens (tertiary/aromatic N) is 3. The molecule has 0 unspecified atom stereocenters. The number of aromatic nitrogens is 2. The van der Waals surface area contributed by atoms with E-state index in [1.165, 1.54) is 12.7 Å². The third kappa shape index (κ3) is 4.51. The summed E-state index contributed by atoms with van der Waals surface area (Å²) in [7, 11) is 0. The van der Waals surface area contributed by atoms with Crippen LogP contribution in [0.15, 0.2) is 45.5 Å². The number of hydrogen-bond acceptors (Lipinski definition) is 7. The Morgan fingerprint density at radius 3 is 2.73 bits per heavy atom. The largest absolute Gasteiger partial charge is 0.461 e. The molecule has 2 amide bonds. The Hall–Kier alpha value is -3.62. The first-order valence-corrected chi connectivity index (χ1v) is 9.95. The van der Waals surface area contributed by atoms with Gasteiger partial charge in [-0.05, 0) is 49.6 Å². The predicted molar refractivity (Wildman–Crippen MR) is 110 cm³/mol. The van der Waals surface area contributed by atoms with Crippen molar-refractivity contribution in [3.8, 4) is 11.6 Å². The fourth-order valence-corrected chi connectivity index (χ4v) is 3.50. The Balaban J connectivity index is 1.44. The van der Waals surface area contributed by atoms with E-state index in [4.69, 9.17) is 14.7 Å². The highest BCUT2D eigenvalue weighted by Gasteiger charge is 2.18. The van der Waals surface area contributed by atoms with Crippen LogP contribution in [-0.2, 0) is 11.2 Å². The zero-order chi connectivity index (χ0) is 20.9. The Labute approximate surface area is 173 Å². The summed E-state index contributed by atoms with van der Waals surface area (Å²) in [5.74, 6) is 0.444. The first-order valence-electron chi connectivity index (χ1n) is 9.95. The van der Waals surface area contributed by atoms with Gasteiger partial charge in [-0.15, -0.1) is 0 Å².